The molecule has 4 rings (SSSR count). The van der Waals surface area contributed by atoms with E-state index in [2.05, 4.69) is 22.9 Å². The second-order valence-electron chi connectivity index (χ2n) is 6.88. The number of aryl methyl sites for hydroxylation is 1. The van der Waals surface area contributed by atoms with Crippen LogP contribution in [0.3, 0.4) is 0 Å². The molecule has 0 radical (unpaired) electrons. The van der Waals surface area contributed by atoms with Gasteiger partial charge in [-0.1, -0.05) is 12.1 Å². The lowest BCUT2D eigenvalue weighted by Gasteiger charge is -2.37. The summed E-state index contributed by atoms with van der Waals surface area (Å²) in [5.41, 5.74) is 1.54. The number of amides is 1. The van der Waals surface area contributed by atoms with Gasteiger partial charge in [0.15, 0.2) is 10.8 Å². The lowest BCUT2D eigenvalue weighted by molar-refractivity contribution is 0.0705. The predicted octanol–water partition coefficient (Wildman–Crippen LogP) is 4.07. The van der Waals surface area contributed by atoms with Gasteiger partial charge in [0.2, 0.25) is 0 Å². The fourth-order valence-electron chi connectivity index (χ4n) is 3.39. The molecule has 0 saturated heterocycles. The number of anilines is 1. The first-order chi connectivity index (χ1) is 13.5. The van der Waals surface area contributed by atoms with Gasteiger partial charge in [-0.3, -0.25) is 4.79 Å². The molecule has 0 aliphatic carbocycles. The van der Waals surface area contributed by atoms with E-state index in [0.717, 1.165) is 30.3 Å². The molecule has 6 nitrogen and oxygen atoms in total. The second kappa shape index (κ2) is 7.67. The Balaban J connectivity index is 1.44. The van der Waals surface area contributed by atoms with Crippen molar-refractivity contribution in [3.05, 3.63) is 53.2 Å². The number of carbonyl (C=O) groups is 1. The molecule has 1 aromatic carbocycles. The third-order valence-corrected chi connectivity index (χ3v) is 5.66. The summed E-state index contributed by atoms with van der Waals surface area (Å²) in [4.78, 5) is 21.3. The minimum atomic E-state index is -0.115. The molecular weight excluding hydrogens is 374 g/mol. The van der Waals surface area contributed by atoms with Gasteiger partial charge in [-0.2, -0.15) is 0 Å². The molecule has 1 amide bonds. The number of hydrogen-bond acceptors (Lipinski definition) is 6. The quantitative estimate of drug-likeness (QED) is 0.649. The van der Waals surface area contributed by atoms with E-state index in [0.29, 0.717) is 23.0 Å². The number of rotatable bonds is 5. The van der Waals surface area contributed by atoms with Gasteiger partial charge in [0, 0.05) is 19.0 Å². The Labute approximate surface area is 168 Å². The van der Waals surface area contributed by atoms with Crippen molar-refractivity contribution in [3.63, 3.8) is 0 Å². The summed E-state index contributed by atoms with van der Waals surface area (Å²) in [5, 5.41) is 2.49. The number of carbonyl (C=O) groups excluding carboxylic acids is 1. The monoisotopic (exact) mass is 397 g/mol. The van der Waals surface area contributed by atoms with Gasteiger partial charge in [0.05, 0.1) is 18.8 Å². The standard InChI is InChI=1S/C21H23N3O3S/c1-4-24-12-15(27-18-8-6-5-7-17(18)24)11-23(3)21(25)16-13-28-20(22-16)19-10-9-14(2)26-19/h5-10,13,15H,4,11-12H2,1-3H3/t15-/m0/s1. The number of fused-ring (bicyclic) bond motifs is 1. The Bertz CT molecular complexity index is 981. The van der Waals surface area contributed by atoms with Crippen molar-refractivity contribution in [3.8, 4) is 16.5 Å². The highest BCUT2D eigenvalue weighted by Gasteiger charge is 2.27. The first-order valence-corrected chi connectivity index (χ1v) is 10.2. The molecule has 0 spiro atoms. The van der Waals surface area contributed by atoms with Crippen molar-refractivity contribution in [2.75, 3.05) is 31.6 Å². The van der Waals surface area contributed by atoms with Crippen LogP contribution in [-0.4, -0.2) is 48.6 Å². The molecule has 28 heavy (non-hydrogen) atoms. The van der Waals surface area contributed by atoms with Gasteiger partial charge in [0.1, 0.15) is 23.3 Å². The van der Waals surface area contributed by atoms with E-state index in [1.807, 2.05) is 37.3 Å². The molecule has 0 unspecified atom stereocenters. The molecule has 0 fully saturated rings. The number of likely N-dealkylation sites (N-methyl/N-ethyl adjacent to an activating group) is 2. The van der Waals surface area contributed by atoms with Gasteiger partial charge < -0.3 is 19.0 Å². The third-order valence-electron chi connectivity index (χ3n) is 4.80. The van der Waals surface area contributed by atoms with Gasteiger partial charge in [-0.05, 0) is 38.1 Å². The summed E-state index contributed by atoms with van der Waals surface area (Å²) in [5.74, 6) is 2.27. The van der Waals surface area contributed by atoms with Crippen molar-refractivity contribution < 1.29 is 13.9 Å². The van der Waals surface area contributed by atoms with Crippen LogP contribution < -0.4 is 9.64 Å². The van der Waals surface area contributed by atoms with E-state index in [9.17, 15) is 4.79 Å². The highest BCUT2D eigenvalue weighted by atomic mass is 32.1. The van der Waals surface area contributed by atoms with Crippen LogP contribution in [0.5, 0.6) is 5.75 Å². The van der Waals surface area contributed by atoms with Gasteiger partial charge >= 0.3 is 0 Å². The number of benzene rings is 1. The van der Waals surface area contributed by atoms with Crippen molar-refractivity contribution in [2.24, 2.45) is 0 Å². The Hall–Kier alpha value is -2.80. The van der Waals surface area contributed by atoms with Gasteiger partial charge in [-0.15, -0.1) is 11.3 Å². The molecular formula is C21H23N3O3S. The molecule has 3 aromatic rings. The van der Waals surface area contributed by atoms with Crippen molar-refractivity contribution in [1.29, 1.82) is 0 Å². The lowest BCUT2D eigenvalue weighted by Crippen LogP contribution is -2.46. The van der Waals surface area contributed by atoms with Crippen molar-refractivity contribution in [1.82, 2.24) is 9.88 Å². The first-order valence-electron chi connectivity index (χ1n) is 9.33. The Morgan fingerprint density at radius 2 is 2.14 bits per heavy atom. The Kier molecular flexibility index (Phi) is 5.09. The summed E-state index contributed by atoms with van der Waals surface area (Å²) >= 11 is 1.41. The minimum absolute atomic E-state index is 0.0883. The number of nitrogens with zero attached hydrogens (tertiary/aromatic N) is 3. The highest BCUT2D eigenvalue weighted by Crippen LogP contribution is 2.33. The van der Waals surface area contributed by atoms with Gasteiger partial charge in [0.25, 0.3) is 5.91 Å². The molecule has 7 heteroatoms. The van der Waals surface area contributed by atoms with Crippen LogP contribution >= 0.6 is 11.3 Å². The lowest BCUT2D eigenvalue weighted by atomic mass is 10.2. The average Bonchev–Trinajstić information content (AvgIpc) is 3.35. The van der Waals surface area contributed by atoms with E-state index < -0.39 is 0 Å². The maximum Gasteiger partial charge on any atom is 0.273 e. The smallest absolute Gasteiger partial charge is 0.273 e. The Morgan fingerprint density at radius 3 is 2.89 bits per heavy atom. The number of ether oxygens (including phenoxy) is 1. The highest BCUT2D eigenvalue weighted by molar-refractivity contribution is 7.13. The molecule has 1 aliphatic rings. The molecule has 0 N–H and O–H groups in total. The minimum Gasteiger partial charge on any atom is -0.485 e. The summed E-state index contributed by atoms with van der Waals surface area (Å²) in [6.07, 6.45) is -0.0883. The zero-order valence-electron chi connectivity index (χ0n) is 16.2. The van der Waals surface area contributed by atoms with E-state index in [4.69, 9.17) is 9.15 Å². The van der Waals surface area contributed by atoms with E-state index in [1.54, 1.807) is 17.3 Å². The fourth-order valence-corrected chi connectivity index (χ4v) is 4.15. The third kappa shape index (κ3) is 3.62. The molecule has 0 bridgehead atoms. The maximum absolute atomic E-state index is 12.8. The number of furan rings is 1. The molecule has 1 aliphatic heterocycles. The average molecular weight is 398 g/mol. The Morgan fingerprint density at radius 1 is 1.32 bits per heavy atom. The SMILES string of the molecule is CCN1C[C@H](CN(C)C(=O)c2csc(-c3ccc(C)o3)n2)Oc2ccccc21. The second-order valence-corrected chi connectivity index (χ2v) is 7.74. The molecule has 2 aromatic heterocycles. The summed E-state index contributed by atoms with van der Waals surface area (Å²) < 4.78 is 11.7. The van der Waals surface area contributed by atoms with Crippen LogP contribution in [0.15, 0.2) is 46.2 Å². The molecule has 146 valence electrons. The van der Waals surface area contributed by atoms with Crippen LogP contribution in [0.25, 0.3) is 10.8 Å². The normalized spacial score (nSPS) is 15.8. The van der Waals surface area contributed by atoms with Crippen LogP contribution in [-0.2, 0) is 0 Å². The maximum atomic E-state index is 12.8. The van der Waals surface area contributed by atoms with Crippen molar-refractivity contribution >= 4 is 22.9 Å². The topological polar surface area (TPSA) is 58.8 Å². The van der Waals surface area contributed by atoms with E-state index in [-0.39, 0.29) is 12.0 Å². The van der Waals surface area contributed by atoms with Gasteiger partial charge in [-0.25, -0.2) is 4.98 Å². The first kappa shape index (κ1) is 18.6. The molecule has 1 atom stereocenters. The summed E-state index contributed by atoms with van der Waals surface area (Å²) in [6, 6.07) is 11.8. The summed E-state index contributed by atoms with van der Waals surface area (Å²) in [6.45, 7) is 6.15. The van der Waals surface area contributed by atoms with Crippen LogP contribution in [0.1, 0.15) is 23.2 Å². The zero-order valence-corrected chi connectivity index (χ0v) is 17.0. The zero-order chi connectivity index (χ0) is 19.7. The predicted molar refractivity (Wildman–Crippen MR) is 110 cm³/mol. The summed E-state index contributed by atoms with van der Waals surface area (Å²) in [7, 11) is 1.79. The van der Waals surface area contributed by atoms with E-state index >= 15 is 0 Å². The van der Waals surface area contributed by atoms with Crippen LogP contribution in [0, 0.1) is 6.92 Å². The van der Waals surface area contributed by atoms with Crippen LogP contribution in [0.4, 0.5) is 5.69 Å². The van der Waals surface area contributed by atoms with E-state index in [1.165, 1.54) is 11.3 Å². The molecule has 0 saturated carbocycles. The number of aromatic nitrogens is 1. The number of para-hydroxylation sites is 2. The largest absolute Gasteiger partial charge is 0.485 e. The number of hydrogen-bond donors (Lipinski definition) is 0. The molecule has 3 heterocycles. The number of thiazole rings is 1. The van der Waals surface area contributed by atoms with Crippen molar-refractivity contribution in [2.45, 2.75) is 20.0 Å². The fraction of sp³-hybridized carbons (Fsp3) is 0.333. The van der Waals surface area contributed by atoms with Crippen LogP contribution in [0.2, 0.25) is 0 Å².